The van der Waals surface area contributed by atoms with Crippen LogP contribution in [0.2, 0.25) is 0 Å². The van der Waals surface area contributed by atoms with E-state index in [4.69, 9.17) is 9.47 Å². The molecule has 5 heteroatoms. The van der Waals surface area contributed by atoms with Crippen LogP contribution in [-0.4, -0.2) is 24.8 Å². The lowest BCUT2D eigenvalue weighted by atomic mass is 10.0. The zero-order valence-corrected chi connectivity index (χ0v) is 15.0. The molecule has 4 rings (SSSR count). The summed E-state index contributed by atoms with van der Waals surface area (Å²) in [7, 11) is 0. The molecule has 3 aromatic carbocycles. The van der Waals surface area contributed by atoms with Crippen LogP contribution in [0, 0.1) is 5.82 Å². The number of benzene rings is 3. The fourth-order valence-electron chi connectivity index (χ4n) is 3.06. The number of halogens is 1. The summed E-state index contributed by atoms with van der Waals surface area (Å²) in [5, 5.41) is 0. The summed E-state index contributed by atoms with van der Waals surface area (Å²) >= 11 is 0. The Morgan fingerprint density at radius 3 is 2.25 bits per heavy atom. The van der Waals surface area contributed by atoms with E-state index in [0.717, 1.165) is 17.7 Å². The average Bonchev–Trinajstić information content (AvgIpc) is 3.20. The van der Waals surface area contributed by atoms with Gasteiger partial charge in [-0.1, -0.05) is 0 Å². The third-order valence-corrected chi connectivity index (χ3v) is 4.60. The van der Waals surface area contributed by atoms with E-state index < -0.39 is 0 Å². The molecule has 0 aliphatic carbocycles. The first-order valence-electron chi connectivity index (χ1n) is 8.92. The molecule has 0 N–H and O–H groups in total. The molecule has 0 unspecified atom stereocenters. The van der Waals surface area contributed by atoms with Gasteiger partial charge in [-0.05, 0) is 72.3 Å². The highest BCUT2D eigenvalue weighted by Gasteiger charge is 2.15. The number of ketones is 2. The van der Waals surface area contributed by atoms with Crippen LogP contribution in [0.4, 0.5) is 4.39 Å². The minimum absolute atomic E-state index is 0.0924. The van der Waals surface area contributed by atoms with Gasteiger partial charge in [0, 0.05) is 23.1 Å². The molecule has 0 radical (unpaired) electrons. The summed E-state index contributed by atoms with van der Waals surface area (Å²) in [6.07, 6.45) is 0.806. The molecular formula is C23H17FO4. The average molecular weight is 376 g/mol. The third-order valence-electron chi connectivity index (χ3n) is 4.60. The van der Waals surface area contributed by atoms with Crippen molar-refractivity contribution in [3.8, 4) is 11.5 Å². The minimum atomic E-state index is -0.388. The van der Waals surface area contributed by atoms with Crippen LogP contribution in [0.3, 0.4) is 0 Å². The van der Waals surface area contributed by atoms with Crippen molar-refractivity contribution in [2.75, 3.05) is 13.2 Å². The SMILES string of the molecule is O=C(COc1ccc(C(=O)c2ccc(F)cc2)cc1)c1ccc2c(c1)CCO2. The van der Waals surface area contributed by atoms with Crippen LogP contribution in [0.15, 0.2) is 66.7 Å². The second-order valence-corrected chi connectivity index (χ2v) is 6.49. The molecule has 1 aliphatic heterocycles. The summed E-state index contributed by atoms with van der Waals surface area (Å²) in [6, 6.07) is 17.3. The number of ether oxygens (including phenoxy) is 2. The van der Waals surface area contributed by atoms with Gasteiger partial charge >= 0.3 is 0 Å². The largest absolute Gasteiger partial charge is 0.493 e. The normalized spacial score (nSPS) is 12.2. The Bertz CT molecular complexity index is 1020. The molecule has 1 heterocycles. The van der Waals surface area contributed by atoms with E-state index >= 15 is 0 Å². The van der Waals surface area contributed by atoms with E-state index in [1.807, 2.05) is 12.1 Å². The molecule has 140 valence electrons. The van der Waals surface area contributed by atoms with Crippen LogP contribution in [0.25, 0.3) is 0 Å². The molecule has 0 saturated heterocycles. The van der Waals surface area contributed by atoms with Crippen molar-refractivity contribution in [3.63, 3.8) is 0 Å². The van der Waals surface area contributed by atoms with E-state index in [1.54, 1.807) is 30.3 Å². The van der Waals surface area contributed by atoms with Crippen molar-refractivity contribution in [3.05, 3.63) is 94.8 Å². The number of hydrogen-bond donors (Lipinski definition) is 0. The van der Waals surface area contributed by atoms with Crippen LogP contribution >= 0.6 is 0 Å². The highest BCUT2D eigenvalue weighted by Crippen LogP contribution is 2.26. The zero-order valence-electron chi connectivity index (χ0n) is 15.0. The lowest BCUT2D eigenvalue weighted by Crippen LogP contribution is -2.12. The highest BCUT2D eigenvalue weighted by atomic mass is 19.1. The predicted octanol–water partition coefficient (Wildman–Crippen LogP) is 4.25. The lowest BCUT2D eigenvalue weighted by molar-refractivity contribution is 0.0920. The minimum Gasteiger partial charge on any atom is -0.493 e. The second kappa shape index (κ2) is 7.64. The molecule has 0 atom stereocenters. The van der Waals surface area contributed by atoms with Gasteiger partial charge in [0.25, 0.3) is 0 Å². The number of hydrogen-bond acceptors (Lipinski definition) is 4. The van der Waals surface area contributed by atoms with Gasteiger partial charge in [-0.25, -0.2) is 4.39 Å². The van der Waals surface area contributed by atoms with E-state index in [0.29, 0.717) is 29.0 Å². The Hall–Kier alpha value is -3.47. The maximum Gasteiger partial charge on any atom is 0.200 e. The Labute approximate surface area is 161 Å². The van der Waals surface area contributed by atoms with Gasteiger partial charge in [-0.3, -0.25) is 9.59 Å². The predicted molar refractivity (Wildman–Crippen MR) is 102 cm³/mol. The molecular weight excluding hydrogens is 359 g/mol. The Kier molecular flexibility index (Phi) is 4.89. The summed E-state index contributed by atoms with van der Waals surface area (Å²) in [5.74, 6) is 0.609. The lowest BCUT2D eigenvalue weighted by Gasteiger charge is -2.08. The van der Waals surface area contributed by atoms with Gasteiger partial charge in [-0.15, -0.1) is 0 Å². The maximum absolute atomic E-state index is 13.0. The van der Waals surface area contributed by atoms with E-state index in [9.17, 15) is 14.0 Å². The number of fused-ring (bicyclic) bond motifs is 1. The van der Waals surface area contributed by atoms with Crippen LogP contribution in [-0.2, 0) is 6.42 Å². The van der Waals surface area contributed by atoms with Gasteiger partial charge in [0.15, 0.2) is 18.2 Å². The molecule has 1 aliphatic rings. The number of carbonyl (C=O) groups excluding carboxylic acids is 2. The summed E-state index contributed by atoms with van der Waals surface area (Å²) in [6.45, 7) is 0.553. The number of Topliss-reactive ketones (excluding diaryl/α,β-unsaturated/α-hetero) is 1. The standard InChI is InChI=1S/C23H17FO4/c24-19-6-1-15(2-7-19)23(26)16-3-8-20(9-4-16)28-14-21(25)17-5-10-22-18(13-17)11-12-27-22/h1-10,13H,11-12,14H2. The molecule has 28 heavy (non-hydrogen) atoms. The number of carbonyl (C=O) groups is 2. The van der Waals surface area contributed by atoms with Crippen LogP contribution in [0.1, 0.15) is 31.8 Å². The van der Waals surface area contributed by atoms with E-state index in [-0.39, 0.29) is 24.0 Å². The fourth-order valence-corrected chi connectivity index (χ4v) is 3.06. The Balaban J connectivity index is 1.38. The van der Waals surface area contributed by atoms with Crippen molar-refractivity contribution in [2.24, 2.45) is 0 Å². The molecule has 0 aromatic heterocycles. The van der Waals surface area contributed by atoms with Gasteiger partial charge in [0.05, 0.1) is 6.61 Å². The molecule has 0 spiro atoms. The van der Waals surface area contributed by atoms with E-state index in [1.165, 1.54) is 24.3 Å². The van der Waals surface area contributed by atoms with Crippen LogP contribution in [0.5, 0.6) is 11.5 Å². The zero-order chi connectivity index (χ0) is 19.5. The fraction of sp³-hybridized carbons (Fsp3) is 0.130. The number of rotatable bonds is 6. The van der Waals surface area contributed by atoms with Crippen molar-refractivity contribution < 1.29 is 23.5 Å². The molecule has 4 nitrogen and oxygen atoms in total. The monoisotopic (exact) mass is 376 g/mol. The molecule has 0 bridgehead atoms. The summed E-state index contributed by atoms with van der Waals surface area (Å²) < 4.78 is 24.0. The van der Waals surface area contributed by atoms with Crippen LogP contribution < -0.4 is 9.47 Å². The first kappa shape index (κ1) is 17.9. The second-order valence-electron chi connectivity index (χ2n) is 6.49. The third kappa shape index (κ3) is 3.78. The van der Waals surface area contributed by atoms with Gasteiger partial charge in [0.1, 0.15) is 17.3 Å². The smallest absolute Gasteiger partial charge is 0.200 e. The first-order valence-corrected chi connectivity index (χ1v) is 8.92. The topological polar surface area (TPSA) is 52.6 Å². The van der Waals surface area contributed by atoms with Crippen molar-refractivity contribution in [1.82, 2.24) is 0 Å². The summed E-state index contributed by atoms with van der Waals surface area (Å²) in [5.41, 5.74) is 2.50. The maximum atomic E-state index is 13.0. The Morgan fingerprint density at radius 2 is 1.54 bits per heavy atom. The molecule has 3 aromatic rings. The van der Waals surface area contributed by atoms with Gasteiger partial charge < -0.3 is 9.47 Å². The first-order chi connectivity index (χ1) is 13.6. The quantitative estimate of drug-likeness (QED) is 0.604. The van der Waals surface area contributed by atoms with Gasteiger partial charge in [-0.2, -0.15) is 0 Å². The Morgan fingerprint density at radius 1 is 0.893 bits per heavy atom. The molecule has 0 fully saturated rings. The highest BCUT2D eigenvalue weighted by molar-refractivity contribution is 6.09. The van der Waals surface area contributed by atoms with E-state index in [2.05, 4.69) is 0 Å². The van der Waals surface area contributed by atoms with Crippen molar-refractivity contribution in [1.29, 1.82) is 0 Å². The van der Waals surface area contributed by atoms with Gasteiger partial charge in [0.2, 0.25) is 0 Å². The van der Waals surface area contributed by atoms with Crippen molar-refractivity contribution in [2.45, 2.75) is 6.42 Å². The molecule has 0 saturated carbocycles. The summed E-state index contributed by atoms with van der Waals surface area (Å²) in [4.78, 5) is 24.7. The van der Waals surface area contributed by atoms with Crippen molar-refractivity contribution >= 4 is 11.6 Å². The molecule has 0 amide bonds.